The molecule has 0 aliphatic heterocycles. The lowest BCUT2D eigenvalue weighted by Crippen LogP contribution is -2.43. The topological polar surface area (TPSA) is 50.4 Å². The van der Waals surface area contributed by atoms with E-state index in [1.54, 1.807) is 0 Å². The van der Waals surface area contributed by atoms with Gasteiger partial charge >= 0.3 is 0 Å². The molecule has 6 heteroatoms. The summed E-state index contributed by atoms with van der Waals surface area (Å²) in [4.78, 5) is 11.9. The maximum Gasteiger partial charge on any atom is 0.258 e. The highest BCUT2D eigenvalue weighted by molar-refractivity contribution is 9.10. The first-order chi connectivity index (χ1) is 10.2. The molecule has 1 amide bonds. The molecule has 23 heavy (non-hydrogen) atoms. The first-order valence-corrected chi connectivity index (χ1v) is 8.39. The van der Waals surface area contributed by atoms with E-state index in [0.29, 0.717) is 12.5 Å². The summed E-state index contributed by atoms with van der Waals surface area (Å²) in [7, 11) is 0. The van der Waals surface area contributed by atoms with Crippen molar-refractivity contribution in [3.8, 4) is 5.75 Å². The molecule has 0 saturated carbocycles. The third kappa shape index (κ3) is 9.84. The number of nitrogens with one attached hydrogen (secondary N) is 2. The van der Waals surface area contributed by atoms with Crippen LogP contribution in [0.5, 0.6) is 5.75 Å². The predicted molar refractivity (Wildman–Crippen MR) is 101 cm³/mol. The van der Waals surface area contributed by atoms with E-state index in [1.165, 1.54) is 0 Å². The van der Waals surface area contributed by atoms with Crippen molar-refractivity contribution in [2.24, 2.45) is 5.92 Å². The van der Waals surface area contributed by atoms with Crippen molar-refractivity contribution in [1.29, 1.82) is 0 Å². The Morgan fingerprint density at radius 2 is 1.96 bits per heavy atom. The summed E-state index contributed by atoms with van der Waals surface area (Å²) in [6, 6.07) is 5.83. The Balaban J connectivity index is 0.00000484. The van der Waals surface area contributed by atoms with Gasteiger partial charge in [-0.05, 0) is 51.4 Å². The average Bonchev–Trinajstić information content (AvgIpc) is 2.35. The molecule has 1 rings (SSSR count). The highest BCUT2D eigenvalue weighted by atomic mass is 79.9. The molecule has 0 fully saturated rings. The number of amides is 1. The fraction of sp³-hybridized carbons (Fsp3) is 0.588. The molecule has 0 bridgehead atoms. The molecular weight excluding hydrogens is 380 g/mol. The lowest BCUT2D eigenvalue weighted by atomic mass is 10.1. The van der Waals surface area contributed by atoms with Crippen LogP contribution >= 0.6 is 28.3 Å². The van der Waals surface area contributed by atoms with Gasteiger partial charge in [-0.2, -0.15) is 0 Å². The Hall–Kier alpha value is -0.780. The summed E-state index contributed by atoms with van der Waals surface area (Å²) in [5.74, 6) is 1.22. The maximum absolute atomic E-state index is 11.9. The van der Waals surface area contributed by atoms with Crippen LogP contribution in [0, 0.1) is 5.92 Å². The van der Waals surface area contributed by atoms with Crippen molar-refractivity contribution < 1.29 is 9.53 Å². The number of rotatable bonds is 7. The van der Waals surface area contributed by atoms with Gasteiger partial charge < -0.3 is 15.4 Å². The Bertz CT molecular complexity index is 502. The molecule has 132 valence electrons. The SMILES string of the molecule is CC(C)CNCc1cc(Br)ccc1OCC(=O)NC(C)(C)C.Cl. The number of halogens is 2. The summed E-state index contributed by atoms with van der Waals surface area (Å²) in [5.41, 5.74) is 0.792. The van der Waals surface area contributed by atoms with E-state index < -0.39 is 0 Å². The largest absolute Gasteiger partial charge is 0.483 e. The number of ether oxygens (including phenoxy) is 1. The normalized spacial score (nSPS) is 11.1. The van der Waals surface area contributed by atoms with Crippen molar-refractivity contribution >= 4 is 34.2 Å². The number of carbonyl (C=O) groups excluding carboxylic acids is 1. The van der Waals surface area contributed by atoms with Gasteiger partial charge in [-0.3, -0.25) is 4.79 Å². The van der Waals surface area contributed by atoms with Crippen LogP contribution in [0.15, 0.2) is 22.7 Å². The molecule has 0 saturated heterocycles. The van der Waals surface area contributed by atoms with Crippen LogP contribution in [-0.4, -0.2) is 24.6 Å². The molecule has 0 heterocycles. The van der Waals surface area contributed by atoms with E-state index in [-0.39, 0.29) is 30.5 Å². The average molecular weight is 408 g/mol. The molecule has 2 N–H and O–H groups in total. The van der Waals surface area contributed by atoms with E-state index in [2.05, 4.69) is 40.4 Å². The lowest BCUT2D eigenvalue weighted by molar-refractivity contribution is -0.124. The van der Waals surface area contributed by atoms with Crippen LogP contribution in [-0.2, 0) is 11.3 Å². The summed E-state index contributed by atoms with van der Waals surface area (Å²) >= 11 is 3.47. The first-order valence-electron chi connectivity index (χ1n) is 7.60. The van der Waals surface area contributed by atoms with Gasteiger partial charge in [-0.25, -0.2) is 0 Å². The van der Waals surface area contributed by atoms with Crippen molar-refractivity contribution in [3.63, 3.8) is 0 Å². The number of hydrogen-bond donors (Lipinski definition) is 2. The van der Waals surface area contributed by atoms with Crippen LogP contribution in [0.4, 0.5) is 0 Å². The molecule has 0 atom stereocenters. The van der Waals surface area contributed by atoms with E-state index in [9.17, 15) is 4.79 Å². The number of carbonyl (C=O) groups is 1. The van der Waals surface area contributed by atoms with Gasteiger partial charge in [-0.15, -0.1) is 12.4 Å². The minimum atomic E-state index is -0.248. The quantitative estimate of drug-likeness (QED) is 0.720. The fourth-order valence-electron chi connectivity index (χ4n) is 1.92. The van der Waals surface area contributed by atoms with Crippen molar-refractivity contribution in [2.75, 3.05) is 13.2 Å². The van der Waals surface area contributed by atoms with E-state index in [0.717, 1.165) is 22.3 Å². The minimum absolute atomic E-state index is 0. The lowest BCUT2D eigenvalue weighted by Gasteiger charge is -2.21. The van der Waals surface area contributed by atoms with Crippen LogP contribution in [0.1, 0.15) is 40.2 Å². The molecular formula is C17H28BrClN2O2. The van der Waals surface area contributed by atoms with Crippen LogP contribution < -0.4 is 15.4 Å². The Kier molecular flexibility index (Phi) is 9.82. The molecule has 0 radical (unpaired) electrons. The second-order valence-electron chi connectivity index (χ2n) is 6.86. The smallest absolute Gasteiger partial charge is 0.258 e. The Morgan fingerprint density at radius 1 is 1.30 bits per heavy atom. The summed E-state index contributed by atoms with van der Waals surface area (Å²) in [6.45, 7) is 11.9. The van der Waals surface area contributed by atoms with E-state index in [1.807, 2.05) is 39.0 Å². The molecule has 4 nitrogen and oxygen atoms in total. The first kappa shape index (κ1) is 22.2. The van der Waals surface area contributed by atoms with Crippen molar-refractivity contribution in [3.05, 3.63) is 28.2 Å². The molecule has 0 aliphatic rings. The van der Waals surface area contributed by atoms with Gasteiger partial charge in [-0.1, -0.05) is 29.8 Å². The fourth-order valence-corrected chi connectivity index (χ4v) is 2.33. The molecule has 0 aromatic heterocycles. The molecule has 1 aromatic carbocycles. The highest BCUT2D eigenvalue weighted by Crippen LogP contribution is 2.23. The van der Waals surface area contributed by atoms with E-state index in [4.69, 9.17) is 4.74 Å². The monoisotopic (exact) mass is 406 g/mol. The standard InChI is InChI=1S/C17H27BrN2O2.ClH/c1-12(2)9-19-10-13-8-14(18)6-7-15(13)22-11-16(21)20-17(3,4)5;/h6-8,12,19H,9-11H2,1-5H3,(H,20,21);1H. The van der Waals surface area contributed by atoms with Gasteiger partial charge in [0.2, 0.25) is 0 Å². The Morgan fingerprint density at radius 3 is 2.52 bits per heavy atom. The Labute approximate surface area is 154 Å². The third-order valence-corrected chi connectivity index (χ3v) is 3.26. The molecule has 0 unspecified atom stereocenters. The van der Waals surface area contributed by atoms with Gasteiger partial charge in [0.05, 0.1) is 0 Å². The van der Waals surface area contributed by atoms with Crippen LogP contribution in [0.25, 0.3) is 0 Å². The van der Waals surface area contributed by atoms with Crippen molar-refractivity contribution in [1.82, 2.24) is 10.6 Å². The second kappa shape index (κ2) is 10.2. The third-order valence-electron chi connectivity index (χ3n) is 2.76. The zero-order chi connectivity index (χ0) is 16.8. The second-order valence-corrected chi connectivity index (χ2v) is 7.78. The summed E-state index contributed by atoms with van der Waals surface area (Å²) in [6.07, 6.45) is 0. The molecule has 0 spiro atoms. The van der Waals surface area contributed by atoms with Gasteiger partial charge in [0.25, 0.3) is 5.91 Å². The zero-order valence-corrected chi connectivity index (χ0v) is 16.9. The number of hydrogen-bond acceptors (Lipinski definition) is 3. The number of benzene rings is 1. The zero-order valence-electron chi connectivity index (χ0n) is 14.5. The van der Waals surface area contributed by atoms with Gasteiger partial charge in [0.1, 0.15) is 5.75 Å². The van der Waals surface area contributed by atoms with Crippen LogP contribution in [0.2, 0.25) is 0 Å². The summed E-state index contributed by atoms with van der Waals surface area (Å²) in [5, 5.41) is 6.28. The van der Waals surface area contributed by atoms with Crippen LogP contribution in [0.3, 0.4) is 0 Å². The van der Waals surface area contributed by atoms with Crippen molar-refractivity contribution in [2.45, 2.75) is 46.7 Å². The van der Waals surface area contributed by atoms with Gasteiger partial charge in [0, 0.05) is 22.1 Å². The summed E-state index contributed by atoms with van der Waals surface area (Å²) < 4.78 is 6.68. The molecule has 1 aromatic rings. The van der Waals surface area contributed by atoms with Gasteiger partial charge in [0.15, 0.2) is 6.61 Å². The predicted octanol–water partition coefficient (Wildman–Crippen LogP) is 3.91. The molecule has 0 aliphatic carbocycles. The minimum Gasteiger partial charge on any atom is -0.483 e. The maximum atomic E-state index is 11.9. The van der Waals surface area contributed by atoms with E-state index >= 15 is 0 Å². The highest BCUT2D eigenvalue weighted by Gasteiger charge is 2.14.